The lowest BCUT2D eigenvalue weighted by Gasteiger charge is -2.22. The molecule has 0 amide bonds. The first-order valence-corrected chi connectivity index (χ1v) is 8.29. The molecule has 2 aliphatic rings. The summed E-state index contributed by atoms with van der Waals surface area (Å²) >= 11 is 0. The standard InChI is InChI=1S/C18H22N4O/c1-19-18(22-15-10-14-7-8-16(15)23-14)21-11-13-5-2-4-12-6-3-9-20-17(12)13/h2-6,9,14-16H,7-8,10-11H2,1H3,(H2,19,21,22). The Morgan fingerprint density at radius 2 is 2.22 bits per heavy atom. The van der Waals surface area contributed by atoms with Crippen LogP contribution in [0, 0.1) is 0 Å². The molecule has 3 heterocycles. The molecule has 3 unspecified atom stereocenters. The van der Waals surface area contributed by atoms with Crippen LogP contribution >= 0.6 is 0 Å². The highest BCUT2D eigenvalue weighted by molar-refractivity contribution is 5.83. The van der Waals surface area contributed by atoms with Crippen LogP contribution in [0.5, 0.6) is 0 Å². The number of ether oxygens (including phenoxy) is 1. The molecular weight excluding hydrogens is 288 g/mol. The number of hydrogen-bond donors (Lipinski definition) is 2. The average molecular weight is 310 g/mol. The summed E-state index contributed by atoms with van der Waals surface area (Å²) < 4.78 is 5.90. The number of hydrogen-bond acceptors (Lipinski definition) is 3. The zero-order valence-electron chi connectivity index (χ0n) is 13.3. The highest BCUT2D eigenvalue weighted by Crippen LogP contribution is 2.34. The molecule has 2 bridgehead atoms. The van der Waals surface area contributed by atoms with Crippen molar-refractivity contribution in [1.29, 1.82) is 0 Å². The molecular formula is C18H22N4O. The van der Waals surface area contributed by atoms with E-state index in [2.05, 4.69) is 44.9 Å². The molecule has 3 atom stereocenters. The van der Waals surface area contributed by atoms with Crippen molar-refractivity contribution in [2.75, 3.05) is 7.05 Å². The third-order valence-corrected chi connectivity index (χ3v) is 4.81. The molecule has 5 nitrogen and oxygen atoms in total. The third-order valence-electron chi connectivity index (χ3n) is 4.81. The Kier molecular flexibility index (Phi) is 3.87. The van der Waals surface area contributed by atoms with Crippen LogP contribution in [0.25, 0.3) is 10.9 Å². The van der Waals surface area contributed by atoms with E-state index in [1.165, 1.54) is 12.0 Å². The van der Waals surface area contributed by atoms with Gasteiger partial charge in [0, 0.05) is 25.2 Å². The first kappa shape index (κ1) is 14.5. The molecule has 120 valence electrons. The van der Waals surface area contributed by atoms with Gasteiger partial charge in [0.15, 0.2) is 5.96 Å². The summed E-state index contributed by atoms with van der Waals surface area (Å²) in [5.74, 6) is 0.832. The van der Waals surface area contributed by atoms with Gasteiger partial charge in [-0.1, -0.05) is 24.3 Å². The molecule has 1 aromatic carbocycles. The van der Waals surface area contributed by atoms with E-state index in [1.54, 1.807) is 0 Å². The second kappa shape index (κ2) is 6.16. The van der Waals surface area contributed by atoms with Crippen molar-refractivity contribution in [3.8, 4) is 0 Å². The number of para-hydroxylation sites is 1. The first-order valence-electron chi connectivity index (χ1n) is 8.29. The van der Waals surface area contributed by atoms with E-state index in [9.17, 15) is 0 Å². The molecule has 23 heavy (non-hydrogen) atoms. The molecule has 0 saturated carbocycles. The topological polar surface area (TPSA) is 58.5 Å². The van der Waals surface area contributed by atoms with Crippen molar-refractivity contribution in [3.63, 3.8) is 0 Å². The number of guanidine groups is 1. The number of pyridine rings is 1. The lowest BCUT2D eigenvalue weighted by atomic mass is 9.96. The average Bonchev–Trinajstić information content (AvgIpc) is 3.21. The fraction of sp³-hybridized carbons (Fsp3) is 0.444. The van der Waals surface area contributed by atoms with Crippen LogP contribution in [-0.2, 0) is 11.3 Å². The third kappa shape index (κ3) is 2.88. The summed E-state index contributed by atoms with van der Waals surface area (Å²) in [7, 11) is 1.81. The van der Waals surface area contributed by atoms with Crippen LogP contribution in [0.1, 0.15) is 24.8 Å². The Bertz CT molecular complexity index is 725. The summed E-state index contributed by atoms with van der Waals surface area (Å²) in [6.45, 7) is 0.704. The van der Waals surface area contributed by atoms with Crippen LogP contribution in [-0.4, -0.2) is 36.2 Å². The summed E-state index contributed by atoms with van der Waals surface area (Å²) in [6.07, 6.45) is 6.08. The van der Waals surface area contributed by atoms with Gasteiger partial charge in [0.05, 0.1) is 23.8 Å². The number of aromatic nitrogens is 1. The van der Waals surface area contributed by atoms with Crippen molar-refractivity contribution < 1.29 is 4.74 Å². The SMILES string of the molecule is CN=C(NCc1cccc2cccnc12)NC1CC2CCC1O2. The number of aliphatic imine (C=N–C) groups is 1. The van der Waals surface area contributed by atoms with Crippen molar-refractivity contribution in [2.45, 2.75) is 44.1 Å². The van der Waals surface area contributed by atoms with Gasteiger partial charge >= 0.3 is 0 Å². The van der Waals surface area contributed by atoms with Gasteiger partial charge in [-0.15, -0.1) is 0 Å². The Morgan fingerprint density at radius 1 is 1.30 bits per heavy atom. The first-order chi connectivity index (χ1) is 11.3. The van der Waals surface area contributed by atoms with Crippen LogP contribution in [0.15, 0.2) is 41.5 Å². The van der Waals surface area contributed by atoms with Gasteiger partial charge in [0.1, 0.15) is 0 Å². The zero-order chi connectivity index (χ0) is 15.6. The predicted octanol–water partition coefficient (Wildman–Crippen LogP) is 2.22. The molecule has 2 aliphatic heterocycles. The van der Waals surface area contributed by atoms with Gasteiger partial charge in [-0.05, 0) is 30.9 Å². The largest absolute Gasteiger partial charge is 0.373 e. The van der Waals surface area contributed by atoms with Crippen molar-refractivity contribution in [2.24, 2.45) is 4.99 Å². The lowest BCUT2D eigenvalue weighted by Crippen LogP contribution is -2.47. The number of fused-ring (bicyclic) bond motifs is 3. The normalized spacial score (nSPS) is 26.7. The van der Waals surface area contributed by atoms with Gasteiger partial charge in [0.2, 0.25) is 0 Å². The molecule has 2 fully saturated rings. The van der Waals surface area contributed by atoms with Crippen molar-refractivity contribution >= 4 is 16.9 Å². The molecule has 1 aromatic heterocycles. The number of rotatable bonds is 3. The van der Waals surface area contributed by atoms with E-state index in [0.717, 1.165) is 29.7 Å². The smallest absolute Gasteiger partial charge is 0.191 e. The maximum Gasteiger partial charge on any atom is 0.191 e. The van der Waals surface area contributed by atoms with E-state index in [4.69, 9.17) is 4.74 Å². The van der Waals surface area contributed by atoms with Crippen LogP contribution in [0.4, 0.5) is 0 Å². The molecule has 0 spiro atoms. The summed E-state index contributed by atoms with van der Waals surface area (Å²) in [6, 6.07) is 10.7. The number of nitrogens with zero attached hydrogens (tertiary/aromatic N) is 2. The second-order valence-electron chi connectivity index (χ2n) is 6.28. The predicted molar refractivity (Wildman–Crippen MR) is 91.4 cm³/mol. The van der Waals surface area contributed by atoms with E-state index in [1.807, 2.05) is 19.3 Å². The minimum absolute atomic E-state index is 0.345. The van der Waals surface area contributed by atoms with Gasteiger partial charge in [-0.2, -0.15) is 0 Å². The van der Waals surface area contributed by atoms with Crippen LogP contribution in [0.3, 0.4) is 0 Å². The maximum atomic E-state index is 5.90. The Hall–Kier alpha value is -2.14. The molecule has 4 rings (SSSR count). The quantitative estimate of drug-likeness (QED) is 0.674. The minimum Gasteiger partial charge on any atom is -0.373 e. The van der Waals surface area contributed by atoms with Crippen LogP contribution < -0.4 is 10.6 Å². The highest BCUT2D eigenvalue weighted by Gasteiger charge is 2.41. The van der Waals surface area contributed by atoms with E-state index in [-0.39, 0.29) is 0 Å². The van der Waals surface area contributed by atoms with Gasteiger partial charge < -0.3 is 15.4 Å². The second-order valence-corrected chi connectivity index (χ2v) is 6.28. The zero-order valence-corrected chi connectivity index (χ0v) is 13.3. The molecule has 0 aliphatic carbocycles. The van der Waals surface area contributed by atoms with E-state index in [0.29, 0.717) is 24.8 Å². The molecule has 2 saturated heterocycles. The fourth-order valence-electron chi connectivity index (χ4n) is 3.65. The molecule has 5 heteroatoms. The van der Waals surface area contributed by atoms with Gasteiger partial charge in [-0.3, -0.25) is 9.98 Å². The lowest BCUT2D eigenvalue weighted by molar-refractivity contribution is 0.0992. The van der Waals surface area contributed by atoms with Crippen molar-refractivity contribution in [1.82, 2.24) is 15.6 Å². The Labute approximate surface area is 136 Å². The van der Waals surface area contributed by atoms with E-state index >= 15 is 0 Å². The number of benzene rings is 1. The highest BCUT2D eigenvalue weighted by atomic mass is 16.5. The monoisotopic (exact) mass is 310 g/mol. The Morgan fingerprint density at radius 3 is 3.00 bits per heavy atom. The maximum absolute atomic E-state index is 5.90. The summed E-state index contributed by atoms with van der Waals surface area (Å²) in [5, 5.41) is 8.08. The van der Waals surface area contributed by atoms with Crippen LogP contribution in [0.2, 0.25) is 0 Å². The molecule has 2 aromatic rings. The summed E-state index contributed by atoms with van der Waals surface area (Å²) in [4.78, 5) is 8.85. The van der Waals surface area contributed by atoms with Crippen molar-refractivity contribution in [3.05, 3.63) is 42.1 Å². The molecule has 2 N–H and O–H groups in total. The minimum atomic E-state index is 0.345. The van der Waals surface area contributed by atoms with Gasteiger partial charge in [-0.25, -0.2) is 0 Å². The summed E-state index contributed by atoms with van der Waals surface area (Å²) in [5.41, 5.74) is 2.22. The Balaban J connectivity index is 1.42. The molecule has 0 radical (unpaired) electrons. The van der Waals surface area contributed by atoms with Gasteiger partial charge in [0.25, 0.3) is 0 Å². The number of nitrogens with one attached hydrogen (secondary N) is 2. The van der Waals surface area contributed by atoms with E-state index < -0.39 is 0 Å². The fourth-order valence-corrected chi connectivity index (χ4v) is 3.65.